The van der Waals surface area contributed by atoms with Gasteiger partial charge in [-0.3, -0.25) is 19.6 Å². The Morgan fingerprint density at radius 3 is 1.52 bits per heavy atom. The smallest absolute Gasteiger partial charge is 1.00 e. The minimum atomic E-state index is -0.236. The van der Waals surface area contributed by atoms with Crippen molar-refractivity contribution in [2.24, 2.45) is 59.2 Å². The third-order valence-corrected chi connectivity index (χ3v) is 14.9. The van der Waals surface area contributed by atoms with E-state index < -0.39 is 0 Å². The molecule has 13 heteroatoms. The van der Waals surface area contributed by atoms with Gasteiger partial charge in [0, 0.05) is 44.2 Å². The van der Waals surface area contributed by atoms with E-state index in [0.29, 0.717) is 54.6 Å². The summed E-state index contributed by atoms with van der Waals surface area (Å²) in [6.07, 6.45) is 27.9. The van der Waals surface area contributed by atoms with Gasteiger partial charge < -0.3 is 26.5 Å². The fourth-order valence-corrected chi connectivity index (χ4v) is 12.0. The van der Waals surface area contributed by atoms with Crippen LogP contribution in [0.25, 0.3) is 34.4 Å². The summed E-state index contributed by atoms with van der Waals surface area (Å²) in [5.74, 6) is 5.27. The first-order chi connectivity index (χ1) is 32.7. The van der Waals surface area contributed by atoms with E-state index in [1.807, 2.05) is 48.8 Å². The molecule has 4 saturated carbocycles. The Morgan fingerprint density at radius 2 is 1.14 bits per heavy atom. The molecule has 0 spiro atoms. The molecular weight excluding hydrogens is 929 g/mol. The molecule has 8 rings (SSSR count). The zero-order valence-corrected chi connectivity index (χ0v) is 48.0. The van der Waals surface area contributed by atoms with E-state index in [0.717, 1.165) is 71.3 Å². The number of rotatable bonds is 12. The summed E-state index contributed by atoms with van der Waals surface area (Å²) in [6, 6.07) is 21.3. The molecule has 0 aliphatic heterocycles. The van der Waals surface area contributed by atoms with Crippen LogP contribution in [0.3, 0.4) is 0 Å². The minimum Gasteiger partial charge on any atom is -1.00 e. The van der Waals surface area contributed by atoms with Crippen LogP contribution in [-0.2, 0) is 19.2 Å². The van der Waals surface area contributed by atoms with Crippen molar-refractivity contribution in [1.82, 2.24) is 9.97 Å². The molecule has 2 N–H and O–H groups in total. The number of hydrogen-bond donors (Lipinski definition) is 2. The van der Waals surface area contributed by atoms with E-state index in [1.165, 1.54) is 89.3 Å². The van der Waals surface area contributed by atoms with Crippen LogP contribution in [0.5, 0.6) is 0 Å². The van der Waals surface area contributed by atoms with Crippen LogP contribution < -0.4 is 108 Å². The molecule has 2 aromatic carbocycles. The Morgan fingerprint density at radius 1 is 0.710 bits per heavy atom. The van der Waals surface area contributed by atoms with Crippen molar-refractivity contribution in [1.29, 1.82) is 0 Å². The van der Waals surface area contributed by atoms with Gasteiger partial charge in [-0.2, -0.15) is 0 Å². The number of nitrogens with zero attached hydrogens (tertiary/aromatic N) is 2. The number of benzene rings is 2. The summed E-state index contributed by atoms with van der Waals surface area (Å²) >= 11 is 0. The van der Waals surface area contributed by atoms with E-state index in [-0.39, 0.29) is 128 Å². The first-order valence-corrected chi connectivity index (χ1v) is 24.4. The van der Waals surface area contributed by atoms with Gasteiger partial charge in [-0.15, -0.1) is 0 Å². The largest absolute Gasteiger partial charge is 1.00 e. The van der Waals surface area contributed by atoms with Gasteiger partial charge in [-0.1, -0.05) is 114 Å². The normalized spacial score (nSPS) is 25.8. The van der Waals surface area contributed by atoms with E-state index in [9.17, 15) is 18.7 Å². The molecule has 0 saturated heterocycles. The molecule has 69 heavy (non-hydrogen) atoms. The standard InChI is InChI=1S/C28H34FNO2.C26H32FNO.CH2O3.CH4O.2K.H/c1-3-26-23(18-32-19(2)31)15-21-7-4-5-10-27(21)28(26)14-13-25-12-11-22(17-30-25)20-8-6-9-24(29)16-20;1-2-24-21(17-29)14-19-6-3-4-9-25(19)26(24)13-12-23-11-10-20(16-28-23)18-7-5-8-22(27)15-18;2-1-4-3;1-2;;;/h6,8-9,11-14,16-17,21,23,26-28H,3-5,7,10,15,18H2,1-2H3;5,7-8,10-13,15-16,19,21,24-26,29H,2-4,6,9,14,17H2,1H3;1,3H;2H,1H3;;;/q;;;;2*+1;-1/p-1/b14-13+;13-12+;;;;;/t21-,23-,26-,27+,28+;19-,21-,24-,25+,26+;;;;;/m00...../s1. The summed E-state index contributed by atoms with van der Waals surface area (Å²) in [5.41, 5.74) is 5.40. The van der Waals surface area contributed by atoms with Crippen LogP contribution in [0, 0.1) is 70.8 Å². The second-order valence-corrected chi connectivity index (χ2v) is 18.6. The number of esters is 1. The van der Waals surface area contributed by atoms with Crippen molar-refractivity contribution in [3.05, 3.63) is 120 Å². The Balaban J connectivity index is 0.000000417. The van der Waals surface area contributed by atoms with Gasteiger partial charge in [0.2, 0.25) is 0 Å². The molecule has 9 nitrogen and oxygen atoms in total. The van der Waals surface area contributed by atoms with Gasteiger partial charge in [0.25, 0.3) is 6.47 Å². The van der Waals surface area contributed by atoms with Gasteiger partial charge in [0.05, 0.1) is 18.0 Å². The number of carbonyl (C=O) groups is 2. The zero-order valence-electron chi connectivity index (χ0n) is 42.7. The van der Waals surface area contributed by atoms with Gasteiger partial charge in [0.15, 0.2) is 0 Å². The van der Waals surface area contributed by atoms with Crippen LogP contribution in [0.1, 0.15) is 111 Å². The first kappa shape index (κ1) is 61.5. The molecule has 2 heterocycles. The predicted molar refractivity (Wildman–Crippen MR) is 259 cm³/mol. The molecule has 0 amide bonds. The maximum atomic E-state index is 13.5. The van der Waals surface area contributed by atoms with Crippen LogP contribution in [0.2, 0.25) is 0 Å². The van der Waals surface area contributed by atoms with E-state index >= 15 is 0 Å². The van der Waals surface area contributed by atoms with Crippen molar-refractivity contribution in [2.75, 3.05) is 20.3 Å². The Hall–Kier alpha value is -1.83. The monoisotopic (exact) mass is 1000 g/mol. The van der Waals surface area contributed by atoms with Crippen molar-refractivity contribution >= 4 is 24.6 Å². The van der Waals surface area contributed by atoms with Gasteiger partial charge in [-0.05, 0) is 145 Å². The molecule has 4 fully saturated rings. The number of hydrogen-bond acceptors (Lipinski definition) is 9. The Labute approximate surface area is 496 Å². The predicted octanol–water partition coefficient (Wildman–Crippen LogP) is 5.46. The van der Waals surface area contributed by atoms with E-state index in [4.69, 9.17) is 19.9 Å². The van der Waals surface area contributed by atoms with Crippen molar-refractivity contribution in [3.8, 4) is 22.3 Å². The molecular formula is C56H72F2K2N2O7. The Bertz CT molecular complexity index is 2160. The molecule has 4 aliphatic rings. The van der Waals surface area contributed by atoms with Crippen molar-refractivity contribution < 1.29 is 148 Å². The van der Waals surface area contributed by atoms with Crippen LogP contribution in [0.15, 0.2) is 97.3 Å². The summed E-state index contributed by atoms with van der Waals surface area (Å²) in [6.45, 7) is 6.71. The van der Waals surface area contributed by atoms with Crippen LogP contribution >= 0.6 is 0 Å². The van der Waals surface area contributed by atoms with E-state index in [1.54, 1.807) is 18.2 Å². The summed E-state index contributed by atoms with van der Waals surface area (Å²) < 4.78 is 32.5. The molecule has 364 valence electrons. The molecule has 0 bridgehead atoms. The fraction of sp³-hybridized carbons (Fsp3) is 0.500. The summed E-state index contributed by atoms with van der Waals surface area (Å²) in [7, 11) is 1.00. The topological polar surface area (TPSA) is 142 Å². The number of aliphatic hydroxyl groups excluding tert-OH is 2. The molecule has 0 unspecified atom stereocenters. The summed E-state index contributed by atoms with van der Waals surface area (Å²) in [4.78, 5) is 31.9. The average Bonchev–Trinajstić information content (AvgIpc) is 3.37. The first-order valence-electron chi connectivity index (χ1n) is 24.4. The number of ether oxygens (including phenoxy) is 1. The molecule has 4 aromatic rings. The third kappa shape index (κ3) is 18.3. The number of fused-ring (bicyclic) bond motifs is 2. The minimum absolute atomic E-state index is 0. The van der Waals surface area contributed by atoms with Crippen molar-refractivity contribution in [2.45, 2.75) is 97.8 Å². The second kappa shape index (κ2) is 33.1. The van der Waals surface area contributed by atoms with Crippen molar-refractivity contribution in [3.63, 3.8) is 0 Å². The molecule has 4 aliphatic carbocycles. The molecule has 0 radical (unpaired) electrons. The number of aliphatic hydroxyl groups is 2. The number of halogens is 2. The Kier molecular flexibility index (Phi) is 29.5. The maximum absolute atomic E-state index is 13.5. The second-order valence-electron chi connectivity index (χ2n) is 18.6. The number of allylic oxidation sites excluding steroid dienone is 2. The summed E-state index contributed by atoms with van der Waals surface area (Å²) in [5, 5.41) is 25.4. The molecule has 10 atom stereocenters. The zero-order chi connectivity index (χ0) is 48.1. The average molecular weight is 1000 g/mol. The van der Waals surface area contributed by atoms with Gasteiger partial charge in [-0.25, -0.2) is 8.78 Å². The number of carbonyl (C=O) groups excluding carboxylic acids is 2. The SMILES string of the molecule is CC[C@H]1[C@H](CO)C[C@@H]2CCCC[C@H]2[C@@H]1/C=C/c1ccc(-c2cccc(F)c2)cn1.CC[C@H]1[C@H](COC(C)=O)C[C@@H]2CCCC[C@H]2[C@@H]1/C=C/c1ccc(-c2cccc(F)c2)cn1.CO.O=CO[O-].[H-].[K+].[K+]. The van der Waals surface area contributed by atoms with Crippen LogP contribution in [0.4, 0.5) is 8.78 Å². The van der Waals surface area contributed by atoms with Gasteiger partial charge in [0.1, 0.15) is 11.6 Å². The number of aromatic nitrogens is 2. The molecule has 2 aromatic heterocycles. The third-order valence-electron chi connectivity index (χ3n) is 14.9. The quantitative estimate of drug-likeness (QED) is 0.0623. The van der Waals surface area contributed by atoms with Gasteiger partial charge >= 0.3 is 109 Å². The fourth-order valence-electron chi connectivity index (χ4n) is 12.0. The maximum Gasteiger partial charge on any atom is 1.00 e. The number of pyridine rings is 2. The van der Waals surface area contributed by atoms with Crippen LogP contribution in [-0.4, -0.2) is 52.9 Å². The van der Waals surface area contributed by atoms with E-state index in [2.05, 4.69) is 53.0 Å².